The molecule has 6 heterocycles. The van der Waals surface area contributed by atoms with Crippen LogP contribution in [0.3, 0.4) is 0 Å². The number of nitrogens with zero attached hydrogens (tertiary/aromatic N) is 5. The third-order valence-corrected chi connectivity index (χ3v) is 43.0. The molecule has 120 heavy (non-hydrogen) atoms. The molecule has 0 fully saturated rings. The number of amides is 4. The van der Waals surface area contributed by atoms with Gasteiger partial charge in [-0.3, -0.25) is 0 Å². The molecule has 5 aromatic rings. The van der Waals surface area contributed by atoms with E-state index in [1.807, 2.05) is 93.6 Å². The van der Waals surface area contributed by atoms with Gasteiger partial charge in [0.05, 0.1) is 13.2 Å². The van der Waals surface area contributed by atoms with Crippen LogP contribution in [-0.2, 0) is 52.5 Å². The molecule has 12 atom stereocenters. The molecule has 656 valence electrons. The fourth-order valence-corrected chi connectivity index (χ4v) is 24.5. The second kappa shape index (κ2) is 40.0. The first-order valence-corrected chi connectivity index (χ1v) is 61.5. The van der Waals surface area contributed by atoms with E-state index in [2.05, 4.69) is 139 Å². The van der Waals surface area contributed by atoms with Crippen molar-refractivity contribution < 1.29 is 66.2 Å². The quantitative estimate of drug-likeness (QED) is 0.0201. The van der Waals surface area contributed by atoms with Crippen molar-refractivity contribution in [2.24, 2.45) is 15.9 Å². The Morgan fingerprint density at radius 2 is 1.28 bits per heavy atom. The molecule has 5 bridgehead atoms. The molecule has 2 aromatic carbocycles. The zero-order valence-corrected chi connectivity index (χ0v) is 84.5. The predicted octanol–water partition coefficient (Wildman–Crippen LogP) is 13.6. The Morgan fingerprint density at radius 1 is 0.708 bits per heavy atom. The van der Waals surface area contributed by atoms with Gasteiger partial charge in [0.25, 0.3) is 0 Å². The summed E-state index contributed by atoms with van der Waals surface area (Å²) >= 11 is 2.95. The molecule has 4 amide bonds. The summed E-state index contributed by atoms with van der Waals surface area (Å²) in [6.45, 7) is 50.7. The first kappa shape index (κ1) is 97.6. The number of aromatic nitrogens is 3. The topological polar surface area (TPSA) is 328 Å². The Hall–Kier alpha value is -6.21. The van der Waals surface area contributed by atoms with Gasteiger partial charge in [0.1, 0.15) is 17.2 Å². The van der Waals surface area contributed by atoms with Crippen LogP contribution in [0, 0.1) is 5.92 Å². The number of aliphatic imine (C=N–C) groups is 2. The number of carbonyl (C=O) groups excluding carboxylic acids is 8. The number of ketones is 1. The van der Waals surface area contributed by atoms with E-state index in [1.54, 1.807) is 58.4 Å². The first-order chi connectivity index (χ1) is 55.8. The van der Waals surface area contributed by atoms with Gasteiger partial charge in [-0.1, -0.05) is 60.1 Å². The van der Waals surface area contributed by atoms with E-state index < -0.39 is 152 Å². The van der Waals surface area contributed by atoms with Crippen LogP contribution >= 0.6 is 34.4 Å². The van der Waals surface area contributed by atoms with E-state index in [9.17, 15) is 14.4 Å². The van der Waals surface area contributed by atoms with Gasteiger partial charge in [0.15, 0.2) is 14.0 Å². The van der Waals surface area contributed by atoms with Crippen LogP contribution in [0.2, 0.25) is 98.3 Å². The minimum atomic E-state index is -2.87. The van der Waals surface area contributed by atoms with Gasteiger partial charge in [-0.05, 0) is 71.8 Å². The van der Waals surface area contributed by atoms with E-state index in [0.29, 0.717) is 33.6 Å². The second-order valence-corrected chi connectivity index (χ2v) is 66.6. The molecule has 9 rings (SSSR count). The summed E-state index contributed by atoms with van der Waals surface area (Å²) in [5.74, 6) is -4.40. The standard InChI is InChI=1S/C86H127N11O14S3Se2Si4/c1-51(2)68-74(101)92-65(49-115-55-32-28-26-29-33-55)67(98)45-87-66(50-116-56-34-30-27-31-35-56)73(100)88-52(3)72(99)96-86(80-95-64(48-114-80)77(103)107-41-43-118(19,20)21)39-38-60(75-93-63(47-112-75)76(102)106-40-42-117(16,17)18)91-71(86)62-46-113-79(94-62)85(15,97-81(105)109-82(6,7)8)54(5)108-78(104)61-44-58(53(4)110-119(22,23)83(9,10)11)57-36-37-59(89-68)70(69(57)90-61)111-120(24,25)84(12,13)14/h26-37,44,47-48,51-54,59,62,65-66,68,70-71,87,89H,38-43,45-46,49-50H2,1-25H3,(H,88,100)(H,92,101)(H,96,99)(H,97,105)/t52-,53-,54+,59+,62?,65-,66-,68-,70-,71+,85+,86+/m0/s1. The molecule has 0 spiro atoms. The maximum atomic E-state index is 16.0. The fraction of sp³-hybridized carbons (Fsp3) is 0.593. The molecule has 6 N–H and O–H groups in total. The number of benzene rings is 2. The van der Waals surface area contributed by atoms with E-state index in [4.69, 9.17) is 52.7 Å². The van der Waals surface area contributed by atoms with Crippen molar-refractivity contribution in [2.45, 2.75) is 292 Å². The molecule has 4 aliphatic rings. The number of ether oxygens (including phenoxy) is 4. The number of alkyl carbamates (subject to hydrolysis) is 1. The molecule has 0 saturated carbocycles. The Labute approximate surface area is 738 Å². The summed E-state index contributed by atoms with van der Waals surface area (Å²) in [5.41, 5.74) is -2.21. The number of hydrogen-bond donors (Lipinski definition) is 6. The predicted molar refractivity (Wildman–Crippen MR) is 493 cm³/mol. The number of carbonyl (C=O) groups is 8. The number of rotatable bonds is 23. The molecule has 3 aromatic heterocycles. The van der Waals surface area contributed by atoms with Gasteiger partial charge in [0, 0.05) is 21.5 Å². The summed E-state index contributed by atoms with van der Waals surface area (Å²) in [6.07, 6.45) is 0.438. The molecule has 3 aliphatic heterocycles. The number of thiazole rings is 2. The number of fused-ring (bicyclic) bond motifs is 5. The van der Waals surface area contributed by atoms with Crippen LogP contribution in [-0.4, -0.2) is 221 Å². The van der Waals surface area contributed by atoms with Crippen molar-refractivity contribution in [3.8, 4) is 0 Å². The van der Waals surface area contributed by atoms with Gasteiger partial charge < -0.3 is 28.7 Å². The van der Waals surface area contributed by atoms with Crippen LogP contribution in [0.5, 0.6) is 0 Å². The van der Waals surface area contributed by atoms with E-state index in [-0.39, 0.29) is 128 Å². The third kappa shape index (κ3) is 25.5. The third-order valence-electron chi connectivity index (χ3n) is 22.7. The molecular formula is C86H127N11O14S3Se2Si4. The van der Waals surface area contributed by atoms with Crippen molar-refractivity contribution in [3.05, 3.63) is 127 Å². The van der Waals surface area contributed by atoms with Crippen LogP contribution in [0.25, 0.3) is 6.08 Å². The first-order valence-electron chi connectivity index (χ1n) is 41.4. The van der Waals surface area contributed by atoms with Gasteiger partial charge in [-0.2, -0.15) is 0 Å². The number of pyridine rings is 1. The number of esters is 3. The van der Waals surface area contributed by atoms with Crippen molar-refractivity contribution in [2.75, 3.05) is 25.5 Å². The van der Waals surface area contributed by atoms with E-state index in [0.717, 1.165) is 26.3 Å². The zero-order chi connectivity index (χ0) is 88.6. The SMILES string of the molecule is CC(C)[C@@H]1N[C@@H]2C=Cc3c([C@H](C)O[Si](C)(C)C(C)(C)C)cc(nc3[C@H]2O[Si](C)(C)C(C)(C)C)C(=O)O[C@H](C)[C@@](C)(NC(=O)OC(C)(C)C)C2=NC(CS2)[C@H]2N=C(c3nc(C(=O)OCC[Si](C)(C)C)cs3)CC[C@@]2(c2nc(C(=O)OCC[Si](C)(C)C)cs2)NC(=O)[C@H](C)NC(=O)[C@H](C[Se]c2ccccc2)NCC(=O)[C@H](C[Se]c2ccccc2)NC1=O. The van der Waals surface area contributed by atoms with Crippen molar-refractivity contribution in [1.29, 1.82) is 0 Å². The Morgan fingerprint density at radius 3 is 1.85 bits per heavy atom. The Kier molecular flexibility index (Phi) is 32.5. The molecule has 1 aliphatic carbocycles. The van der Waals surface area contributed by atoms with Gasteiger partial charge in [0.2, 0.25) is 0 Å². The summed E-state index contributed by atoms with van der Waals surface area (Å²) < 4.78 is 41.4. The Bertz CT molecular complexity index is 4600. The van der Waals surface area contributed by atoms with Gasteiger partial charge >= 0.3 is 483 Å². The van der Waals surface area contributed by atoms with Crippen LogP contribution in [0.15, 0.2) is 93.6 Å². The van der Waals surface area contributed by atoms with Crippen LogP contribution in [0.1, 0.15) is 187 Å². The fourth-order valence-electron chi connectivity index (χ4n) is 13.2. The molecule has 25 nitrogen and oxygen atoms in total. The molecule has 0 saturated heterocycles. The normalized spacial score (nSPS) is 24.5. The number of Topliss-reactive ketones (excluding diaryl/α,β-unsaturated/α-hetero) is 1. The van der Waals surface area contributed by atoms with Crippen molar-refractivity contribution in [3.63, 3.8) is 0 Å². The summed E-state index contributed by atoms with van der Waals surface area (Å²) in [5, 5.41) is 23.9. The zero-order valence-electron chi connectivity index (χ0n) is 74.6. The van der Waals surface area contributed by atoms with Crippen LogP contribution in [0.4, 0.5) is 4.79 Å². The van der Waals surface area contributed by atoms with Gasteiger partial charge in [-0.25, -0.2) is 24.2 Å². The van der Waals surface area contributed by atoms with Crippen LogP contribution < -0.4 is 40.8 Å². The number of cyclic esters (lactones) is 1. The monoisotopic (exact) mass is 1910 g/mol. The van der Waals surface area contributed by atoms with E-state index >= 15 is 24.0 Å². The molecule has 1 unspecified atom stereocenters. The molecule has 34 heteroatoms. The second-order valence-electron chi connectivity index (χ2n) is 38.6. The van der Waals surface area contributed by atoms with E-state index in [1.165, 1.54) is 23.1 Å². The van der Waals surface area contributed by atoms with Gasteiger partial charge in [-0.15, -0.1) is 11.3 Å². The molecular weight excluding hydrogens is 1780 g/mol. The number of thioether (sulfide) groups is 1. The Balaban J connectivity index is 1.27. The van der Waals surface area contributed by atoms with Crippen molar-refractivity contribution >= 4 is 170 Å². The summed E-state index contributed by atoms with van der Waals surface area (Å²) in [4.78, 5) is 148. The number of hydrogen-bond acceptors (Lipinski definition) is 24. The minimum absolute atomic E-state index is 0.00524. The average Bonchev–Trinajstić information content (AvgIpc) is 1.44. The average molecular weight is 1910 g/mol. The summed E-state index contributed by atoms with van der Waals surface area (Å²) in [6, 6.07) is 15.5. The maximum absolute atomic E-state index is 16.0. The summed E-state index contributed by atoms with van der Waals surface area (Å²) in [7, 11) is -8.72. The number of nitrogens with one attached hydrogen (secondary N) is 6. The molecule has 0 radical (unpaired) electrons. The van der Waals surface area contributed by atoms with Crippen molar-refractivity contribution in [1.82, 2.24) is 46.9 Å².